The van der Waals surface area contributed by atoms with Gasteiger partial charge in [-0.3, -0.25) is 19.9 Å². The smallest absolute Gasteiger partial charge is 0.0892 e. The molecule has 0 amide bonds. The van der Waals surface area contributed by atoms with Gasteiger partial charge in [-0.1, -0.05) is 24.3 Å². The van der Waals surface area contributed by atoms with Crippen molar-refractivity contribution in [2.24, 2.45) is 0 Å². The predicted molar refractivity (Wildman–Crippen MR) is 122 cm³/mol. The van der Waals surface area contributed by atoms with Gasteiger partial charge in [0, 0.05) is 24.8 Å². The topological polar surface area (TPSA) is 51.6 Å². The Bertz CT molecular complexity index is 1130. The second-order valence-electron chi connectivity index (χ2n) is 7.10. The zero-order valence-electron chi connectivity index (χ0n) is 17.0. The van der Waals surface area contributed by atoms with E-state index in [9.17, 15) is 0 Å². The molecule has 0 N–H and O–H groups in total. The number of allylic oxidation sites excluding steroid dienone is 2. The van der Waals surface area contributed by atoms with Crippen LogP contribution in [0.1, 0.15) is 22.3 Å². The Morgan fingerprint density at radius 3 is 1.27 bits per heavy atom. The number of hydrogen-bond acceptors (Lipinski definition) is 4. The highest BCUT2D eigenvalue weighted by atomic mass is 14.8. The van der Waals surface area contributed by atoms with Crippen LogP contribution >= 0.6 is 0 Å². The lowest BCUT2D eigenvalue weighted by Crippen LogP contribution is -1.88. The minimum atomic E-state index is 0.870. The zero-order valence-corrected chi connectivity index (χ0v) is 17.0. The highest BCUT2D eigenvalue weighted by molar-refractivity contribution is 5.64. The molecule has 0 spiro atoms. The van der Waals surface area contributed by atoms with Gasteiger partial charge in [0.05, 0.1) is 22.8 Å². The van der Waals surface area contributed by atoms with E-state index in [0.29, 0.717) is 0 Å². The molecule has 146 valence electrons. The fraction of sp³-hybridized carbons (Fsp3) is 0.0769. The van der Waals surface area contributed by atoms with Gasteiger partial charge in [-0.2, -0.15) is 0 Å². The maximum atomic E-state index is 4.44. The molecular formula is C26H22N4. The molecule has 0 saturated carbocycles. The van der Waals surface area contributed by atoms with Crippen LogP contribution in [-0.4, -0.2) is 19.9 Å². The molecule has 0 bridgehead atoms. The van der Waals surface area contributed by atoms with E-state index in [0.717, 1.165) is 33.9 Å². The van der Waals surface area contributed by atoms with Crippen LogP contribution in [0.2, 0.25) is 0 Å². The van der Waals surface area contributed by atoms with Gasteiger partial charge < -0.3 is 0 Å². The summed E-state index contributed by atoms with van der Waals surface area (Å²) in [6, 6.07) is 16.1. The summed E-state index contributed by atoms with van der Waals surface area (Å²) in [5.74, 6) is 0. The Morgan fingerprint density at radius 1 is 0.500 bits per heavy atom. The largest absolute Gasteiger partial charge is 0.255 e. The molecule has 4 heteroatoms. The average Bonchev–Trinajstić information content (AvgIpc) is 2.77. The zero-order chi connectivity index (χ0) is 20.8. The molecule has 0 saturated heterocycles. The fourth-order valence-electron chi connectivity index (χ4n) is 3.07. The number of rotatable bonds is 5. The number of aryl methyl sites for hydroxylation is 2. The van der Waals surface area contributed by atoms with Gasteiger partial charge in [-0.25, -0.2) is 0 Å². The van der Waals surface area contributed by atoms with Crippen LogP contribution in [0.5, 0.6) is 0 Å². The Labute approximate surface area is 176 Å². The molecule has 4 rings (SSSR count). The lowest BCUT2D eigenvalue weighted by Gasteiger charge is -2.02. The lowest BCUT2D eigenvalue weighted by atomic mass is 10.1. The van der Waals surface area contributed by atoms with Gasteiger partial charge in [0.2, 0.25) is 0 Å². The van der Waals surface area contributed by atoms with Crippen LogP contribution in [-0.2, 0) is 0 Å². The average molecular weight is 390 g/mol. The van der Waals surface area contributed by atoms with Crippen molar-refractivity contribution in [2.45, 2.75) is 13.8 Å². The Kier molecular flexibility index (Phi) is 5.85. The van der Waals surface area contributed by atoms with Crippen molar-refractivity contribution in [1.29, 1.82) is 0 Å². The van der Waals surface area contributed by atoms with E-state index in [-0.39, 0.29) is 0 Å². The second kappa shape index (κ2) is 9.05. The van der Waals surface area contributed by atoms with E-state index < -0.39 is 0 Å². The molecular weight excluding hydrogens is 368 g/mol. The maximum Gasteiger partial charge on any atom is 0.0892 e. The molecule has 0 atom stereocenters. The van der Waals surface area contributed by atoms with Gasteiger partial charge in [0.25, 0.3) is 0 Å². The van der Waals surface area contributed by atoms with Crippen molar-refractivity contribution in [3.63, 3.8) is 0 Å². The van der Waals surface area contributed by atoms with E-state index in [2.05, 4.69) is 45.9 Å². The summed E-state index contributed by atoms with van der Waals surface area (Å²) in [6.45, 7) is 4.11. The van der Waals surface area contributed by atoms with E-state index >= 15 is 0 Å². The van der Waals surface area contributed by atoms with E-state index in [4.69, 9.17) is 0 Å². The summed E-state index contributed by atoms with van der Waals surface area (Å²) in [7, 11) is 0. The van der Waals surface area contributed by atoms with Crippen LogP contribution in [0.4, 0.5) is 0 Å². The summed E-state index contributed by atoms with van der Waals surface area (Å²) >= 11 is 0. The normalized spacial score (nSPS) is 11.4. The third kappa shape index (κ3) is 4.92. The first kappa shape index (κ1) is 19.4. The Balaban J connectivity index is 1.49. The van der Waals surface area contributed by atoms with Crippen molar-refractivity contribution < 1.29 is 0 Å². The second-order valence-corrected chi connectivity index (χ2v) is 7.10. The first-order chi connectivity index (χ1) is 14.7. The van der Waals surface area contributed by atoms with Crippen molar-refractivity contribution in [3.05, 3.63) is 108 Å². The highest BCUT2D eigenvalue weighted by Gasteiger charge is 2.02. The summed E-state index contributed by atoms with van der Waals surface area (Å²) in [4.78, 5) is 17.7. The Hall–Kier alpha value is -3.92. The van der Waals surface area contributed by atoms with Crippen molar-refractivity contribution in [2.75, 3.05) is 0 Å². The molecule has 0 unspecified atom stereocenters. The maximum absolute atomic E-state index is 4.44. The van der Waals surface area contributed by atoms with Crippen molar-refractivity contribution >= 4 is 12.2 Å². The fourth-order valence-corrected chi connectivity index (χ4v) is 3.07. The molecule has 4 heterocycles. The molecule has 0 radical (unpaired) electrons. The summed E-state index contributed by atoms with van der Waals surface area (Å²) in [5, 5.41) is 0. The van der Waals surface area contributed by atoms with Crippen molar-refractivity contribution in [1.82, 2.24) is 19.9 Å². The third-order valence-corrected chi connectivity index (χ3v) is 4.61. The molecule has 30 heavy (non-hydrogen) atoms. The predicted octanol–water partition coefficient (Wildman–Crippen LogP) is 5.94. The lowest BCUT2D eigenvalue weighted by molar-refractivity contribution is 1.23. The van der Waals surface area contributed by atoms with E-state index in [1.807, 2.05) is 85.5 Å². The SMILES string of the molecule is Cc1ccnc(-c2cc(/C=C/C=C/c3ccnc(-c4cc(C)ccn4)c3)ccn2)c1. The molecule has 0 aliphatic heterocycles. The first-order valence-electron chi connectivity index (χ1n) is 9.80. The molecule has 0 aliphatic carbocycles. The van der Waals surface area contributed by atoms with E-state index in [1.54, 1.807) is 0 Å². The van der Waals surface area contributed by atoms with Gasteiger partial charge in [-0.15, -0.1) is 0 Å². The molecule has 0 aromatic carbocycles. The molecule has 4 nitrogen and oxygen atoms in total. The number of hydrogen-bond donors (Lipinski definition) is 0. The summed E-state index contributed by atoms with van der Waals surface area (Å²) in [5.41, 5.74) is 8.00. The van der Waals surface area contributed by atoms with Crippen LogP contribution in [0.25, 0.3) is 34.9 Å². The number of aromatic nitrogens is 4. The molecule has 4 aromatic heterocycles. The van der Waals surface area contributed by atoms with E-state index in [1.165, 1.54) is 11.1 Å². The Morgan fingerprint density at radius 2 is 0.867 bits per heavy atom. The standard InChI is InChI=1S/C26H22N4/c1-19-7-11-27-23(15-19)25-17-21(9-13-29-25)5-3-4-6-22-10-14-30-26(18-22)24-16-20(2)8-12-28-24/h3-18H,1-2H3/b5-3+,6-4+. The monoisotopic (exact) mass is 390 g/mol. The van der Waals surface area contributed by atoms with Crippen LogP contribution in [0.15, 0.2) is 85.5 Å². The number of nitrogens with zero attached hydrogens (tertiary/aromatic N) is 4. The van der Waals surface area contributed by atoms with Crippen LogP contribution < -0.4 is 0 Å². The minimum Gasteiger partial charge on any atom is -0.255 e. The molecule has 0 aliphatic rings. The number of pyridine rings is 4. The van der Waals surface area contributed by atoms with Crippen LogP contribution in [0, 0.1) is 13.8 Å². The van der Waals surface area contributed by atoms with Gasteiger partial charge in [0.15, 0.2) is 0 Å². The minimum absolute atomic E-state index is 0.870. The van der Waals surface area contributed by atoms with Gasteiger partial charge >= 0.3 is 0 Å². The summed E-state index contributed by atoms with van der Waals surface area (Å²) < 4.78 is 0. The van der Waals surface area contributed by atoms with Crippen molar-refractivity contribution in [3.8, 4) is 22.8 Å². The highest BCUT2D eigenvalue weighted by Crippen LogP contribution is 2.18. The first-order valence-corrected chi connectivity index (χ1v) is 9.80. The van der Waals surface area contributed by atoms with Crippen LogP contribution in [0.3, 0.4) is 0 Å². The van der Waals surface area contributed by atoms with Gasteiger partial charge in [-0.05, 0) is 84.6 Å². The summed E-state index contributed by atoms with van der Waals surface area (Å²) in [6.07, 6.45) is 15.4. The third-order valence-electron chi connectivity index (χ3n) is 4.61. The quantitative estimate of drug-likeness (QED) is 0.396. The molecule has 0 fully saturated rings. The molecule has 4 aromatic rings. The van der Waals surface area contributed by atoms with Gasteiger partial charge in [0.1, 0.15) is 0 Å².